The average Bonchev–Trinajstić information content (AvgIpc) is 3.24. The van der Waals surface area contributed by atoms with Crippen molar-refractivity contribution in [2.24, 2.45) is 23.7 Å². The highest BCUT2D eigenvalue weighted by Crippen LogP contribution is 2.31. The van der Waals surface area contributed by atoms with E-state index in [4.69, 9.17) is 47.4 Å². The Bertz CT molecular complexity index is 1130. The number of aliphatic hydroxyl groups is 1. The molecule has 370 valence electrons. The number of carbonyl (C=O) groups excluding carboxylic acids is 4. The van der Waals surface area contributed by atoms with Crippen molar-refractivity contribution < 1.29 is 71.7 Å². The highest BCUT2D eigenvalue weighted by atomic mass is 33.1. The molecule has 1 fully saturated rings. The number of rotatable bonds is 43. The van der Waals surface area contributed by atoms with Crippen molar-refractivity contribution in [3.05, 3.63) is 0 Å². The maximum Gasteiger partial charge on any atom is 0.306 e. The third-order valence-electron chi connectivity index (χ3n) is 10.3. The fourth-order valence-corrected chi connectivity index (χ4v) is 8.73. The number of esters is 4. The minimum atomic E-state index is -0.687. The van der Waals surface area contributed by atoms with E-state index in [0.717, 1.165) is 30.6 Å². The second kappa shape index (κ2) is 41.7. The largest absolute Gasteiger partial charge is 0.466 e. The molecule has 0 amide bonds. The zero-order valence-electron chi connectivity index (χ0n) is 39.4. The third-order valence-corrected chi connectivity index (χ3v) is 12.7. The van der Waals surface area contributed by atoms with Crippen LogP contribution < -0.4 is 0 Å². The Morgan fingerprint density at radius 1 is 0.429 bits per heavy atom. The van der Waals surface area contributed by atoms with Gasteiger partial charge in [-0.05, 0) is 30.1 Å². The molecule has 1 heterocycles. The van der Waals surface area contributed by atoms with E-state index in [9.17, 15) is 24.3 Å². The fraction of sp³-hybridized carbons (Fsp3) is 0.913. The Balaban J connectivity index is 1.78. The molecule has 15 nitrogen and oxygen atoms in total. The summed E-state index contributed by atoms with van der Waals surface area (Å²) in [6, 6.07) is 0. The molecule has 0 spiro atoms. The van der Waals surface area contributed by atoms with Gasteiger partial charge in [-0.3, -0.25) is 19.2 Å². The van der Waals surface area contributed by atoms with Gasteiger partial charge in [0, 0.05) is 11.5 Å². The lowest BCUT2D eigenvalue weighted by Crippen LogP contribution is -2.37. The van der Waals surface area contributed by atoms with E-state index in [0.29, 0.717) is 90.1 Å². The Hall–Kier alpha value is -1.70. The topological polar surface area (TPSA) is 181 Å². The van der Waals surface area contributed by atoms with Crippen LogP contribution in [0.1, 0.15) is 125 Å². The maximum absolute atomic E-state index is 12.1. The van der Waals surface area contributed by atoms with Gasteiger partial charge in [-0.25, -0.2) is 0 Å². The van der Waals surface area contributed by atoms with Gasteiger partial charge in [0.2, 0.25) is 0 Å². The second-order valence-electron chi connectivity index (χ2n) is 16.8. The zero-order valence-corrected chi connectivity index (χ0v) is 41.0. The molecule has 1 N–H and O–H groups in total. The van der Waals surface area contributed by atoms with Gasteiger partial charge in [-0.2, -0.15) is 0 Å². The summed E-state index contributed by atoms with van der Waals surface area (Å²) in [6.07, 6.45) is 11.1. The van der Waals surface area contributed by atoms with E-state index >= 15 is 0 Å². The monoisotopic (exact) mass is 941 g/mol. The van der Waals surface area contributed by atoms with Gasteiger partial charge in [-0.15, -0.1) is 0 Å². The van der Waals surface area contributed by atoms with Crippen LogP contribution in [-0.2, 0) is 66.5 Å². The van der Waals surface area contributed by atoms with E-state index in [1.165, 1.54) is 62.2 Å². The smallest absolute Gasteiger partial charge is 0.306 e. The summed E-state index contributed by atoms with van der Waals surface area (Å²) in [5, 5.41) is 9.85. The predicted octanol–water partition coefficient (Wildman–Crippen LogP) is 7.41. The first-order valence-electron chi connectivity index (χ1n) is 23.5. The van der Waals surface area contributed by atoms with Crippen molar-refractivity contribution in [1.82, 2.24) is 0 Å². The van der Waals surface area contributed by atoms with Crippen molar-refractivity contribution in [2.45, 2.75) is 137 Å². The molecular weight excluding hydrogens is 857 g/mol. The van der Waals surface area contributed by atoms with Gasteiger partial charge in [0.05, 0.1) is 112 Å². The molecule has 0 aromatic carbocycles. The number of carbonyl (C=O) groups is 4. The molecule has 1 rings (SSSR count). The van der Waals surface area contributed by atoms with Gasteiger partial charge < -0.3 is 52.5 Å². The van der Waals surface area contributed by atoms with E-state index in [-0.39, 0.29) is 58.1 Å². The van der Waals surface area contributed by atoms with E-state index in [1.54, 1.807) is 10.8 Å². The van der Waals surface area contributed by atoms with Gasteiger partial charge in [0.25, 0.3) is 0 Å². The summed E-state index contributed by atoms with van der Waals surface area (Å²) in [6.45, 7) is 16.5. The predicted molar refractivity (Wildman–Crippen MR) is 246 cm³/mol. The molecule has 63 heavy (non-hydrogen) atoms. The molecule has 17 heteroatoms. The molecule has 0 saturated carbocycles. The van der Waals surface area contributed by atoms with Crippen LogP contribution >= 0.6 is 21.6 Å². The second-order valence-corrected chi connectivity index (χ2v) is 19.3. The van der Waals surface area contributed by atoms with Crippen LogP contribution in [0.2, 0.25) is 0 Å². The van der Waals surface area contributed by atoms with E-state index in [1.807, 2.05) is 0 Å². The zero-order chi connectivity index (χ0) is 46.2. The quantitative estimate of drug-likeness (QED) is 0.0276. The minimum absolute atomic E-state index is 0.0114. The van der Waals surface area contributed by atoms with Crippen molar-refractivity contribution in [2.75, 3.05) is 111 Å². The molecule has 1 saturated heterocycles. The van der Waals surface area contributed by atoms with E-state index in [2.05, 4.69) is 34.6 Å². The van der Waals surface area contributed by atoms with E-state index < -0.39 is 30.1 Å². The van der Waals surface area contributed by atoms with Gasteiger partial charge >= 0.3 is 23.9 Å². The SMILES string of the molecule is CC(C)CCC[C@@H](C)CCC[C@@H](C)CCCC(C)CCOC(=O)CCC(=O)OCCOCCOCCOCCOCCOCCOCCOC(=O)CCC(=O)O[C@@H]1CSSC[C@H]1O. The molecule has 0 aromatic heterocycles. The number of hydrogen-bond donors (Lipinski definition) is 1. The number of hydrogen-bond acceptors (Lipinski definition) is 17. The summed E-state index contributed by atoms with van der Waals surface area (Å²) in [7, 11) is 3.08. The Morgan fingerprint density at radius 2 is 0.746 bits per heavy atom. The Kier molecular flexibility index (Phi) is 39.3. The molecular formula is C46H84O15S2. The minimum Gasteiger partial charge on any atom is -0.466 e. The van der Waals surface area contributed by atoms with Crippen LogP contribution in [0.25, 0.3) is 0 Å². The summed E-state index contributed by atoms with van der Waals surface area (Å²) in [5.41, 5.74) is 0. The van der Waals surface area contributed by atoms with Crippen LogP contribution in [0.15, 0.2) is 0 Å². The molecule has 0 radical (unpaired) electrons. The molecule has 0 bridgehead atoms. The molecule has 1 aliphatic heterocycles. The summed E-state index contributed by atoms with van der Waals surface area (Å²) in [4.78, 5) is 47.8. The third kappa shape index (κ3) is 39.2. The number of aliphatic hydroxyl groups excluding tert-OH is 1. The lowest BCUT2D eigenvalue weighted by Gasteiger charge is -2.26. The Labute approximate surface area is 386 Å². The normalized spacial score (nSPS) is 16.7. The first-order chi connectivity index (χ1) is 30.5. The summed E-state index contributed by atoms with van der Waals surface area (Å²) < 4.78 is 53.4. The molecule has 0 aliphatic carbocycles. The average molecular weight is 941 g/mol. The molecule has 1 aliphatic rings. The van der Waals surface area contributed by atoms with Crippen LogP contribution in [-0.4, -0.2) is 152 Å². The molecule has 5 atom stereocenters. The lowest BCUT2D eigenvalue weighted by molar-refractivity contribution is -0.156. The van der Waals surface area contributed by atoms with Gasteiger partial charge in [0.1, 0.15) is 25.4 Å². The number of ether oxygens (including phenoxy) is 10. The van der Waals surface area contributed by atoms with Crippen molar-refractivity contribution in [1.29, 1.82) is 0 Å². The van der Waals surface area contributed by atoms with Crippen molar-refractivity contribution in [3.63, 3.8) is 0 Å². The first-order valence-corrected chi connectivity index (χ1v) is 26.0. The highest BCUT2D eigenvalue weighted by Gasteiger charge is 2.27. The highest BCUT2D eigenvalue weighted by molar-refractivity contribution is 8.76. The van der Waals surface area contributed by atoms with Crippen LogP contribution in [0.5, 0.6) is 0 Å². The standard InChI is InChI=1S/C46H84O15S2/c1-37(2)9-6-10-38(3)11-7-12-39(4)13-8-14-40(5)19-20-58-43(48)15-16-44(49)59-33-31-56-29-27-54-25-23-52-21-22-53-24-26-55-28-30-57-32-34-60-45(50)17-18-46(51)61-42-36-63-62-35-41(42)47/h37-42,47H,6-36H2,1-5H3/t38-,39-,40?,41-,42-/m1/s1. The van der Waals surface area contributed by atoms with Crippen LogP contribution in [0, 0.1) is 23.7 Å². The van der Waals surface area contributed by atoms with Crippen LogP contribution in [0.4, 0.5) is 0 Å². The van der Waals surface area contributed by atoms with Crippen LogP contribution in [0.3, 0.4) is 0 Å². The van der Waals surface area contributed by atoms with Crippen molar-refractivity contribution in [3.8, 4) is 0 Å². The van der Waals surface area contributed by atoms with Crippen molar-refractivity contribution >= 4 is 45.5 Å². The summed E-state index contributed by atoms with van der Waals surface area (Å²) in [5.74, 6) is 2.08. The fourth-order valence-electron chi connectivity index (χ4n) is 6.36. The van der Waals surface area contributed by atoms with Gasteiger partial charge in [-0.1, -0.05) is 114 Å². The van der Waals surface area contributed by atoms with Gasteiger partial charge in [0.15, 0.2) is 0 Å². The first kappa shape index (κ1) is 59.3. The summed E-state index contributed by atoms with van der Waals surface area (Å²) >= 11 is 0. The molecule has 1 unspecified atom stereocenters. The lowest BCUT2D eigenvalue weighted by atomic mass is 9.91. The molecule has 0 aromatic rings. The Morgan fingerprint density at radius 3 is 1.13 bits per heavy atom. The maximum atomic E-state index is 12.1.